The van der Waals surface area contributed by atoms with Crippen molar-refractivity contribution >= 4 is 17.4 Å². The molecule has 1 aliphatic rings. The Labute approximate surface area is 145 Å². The van der Waals surface area contributed by atoms with Gasteiger partial charge in [0.05, 0.1) is 10.6 Å². The van der Waals surface area contributed by atoms with Gasteiger partial charge >= 0.3 is 0 Å². The van der Waals surface area contributed by atoms with Crippen LogP contribution in [0.25, 0.3) is 11.3 Å². The number of thioether (sulfide) groups is 1. The zero-order chi connectivity index (χ0) is 16.8. The van der Waals surface area contributed by atoms with Crippen molar-refractivity contribution in [2.45, 2.75) is 24.3 Å². The summed E-state index contributed by atoms with van der Waals surface area (Å²) in [6.45, 7) is 3.52. The van der Waals surface area contributed by atoms with Crippen LogP contribution in [-0.4, -0.2) is 45.4 Å². The number of benzene rings is 1. The van der Waals surface area contributed by atoms with Crippen LogP contribution < -0.4 is 0 Å². The summed E-state index contributed by atoms with van der Waals surface area (Å²) in [6, 6.07) is 10.2. The first-order valence-electron chi connectivity index (χ1n) is 8.16. The van der Waals surface area contributed by atoms with E-state index in [4.69, 9.17) is 0 Å². The number of hydrogen-bond acceptors (Lipinski definition) is 6. The van der Waals surface area contributed by atoms with E-state index in [0.717, 1.165) is 28.6 Å². The molecule has 1 fully saturated rings. The maximum absolute atomic E-state index is 10.7. The van der Waals surface area contributed by atoms with Crippen molar-refractivity contribution in [3.05, 3.63) is 46.5 Å². The molecule has 1 aliphatic heterocycles. The van der Waals surface area contributed by atoms with Crippen molar-refractivity contribution in [1.29, 1.82) is 0 Å². The van der Waals surface area contributed by atoms with Crippen LogP contribution >= 0.6 is 11.8 Å². The molecule has 0 saturated carbocycles. The lowest BCUT2D eigenvalue weighted by atomic mass is 10.1. The minimum Gasteiger partial charge on any atom is -0.303 e. The summed E-state index contributed by atoms with van der Waals surface area (Å²) in [5, 5.41) is 20.1. The number of hydrogen-bond donors (Lipinski definition) is 0. The maximum atomic E-state index is 10.7. The third-order valence-corrected chi connectivity index (χ3v) is 5.02. The highest BCUT2D eigenvalue weighted by Crippen LogP contribution is 2.22. The fourth-order valence-electron chi connectivity index (χ4n) is 2.77. The monoisotopic (exact) mass is 344 g/mol. The van der Waals surface area contributed by atoms with Crippen LogP contribution in [0.4, 0.5) is 5.69 Å². The molecule has 0 atom stereocenters. The molecule has 24 heavy (non-hydrogen) atoms. The van der Waals surface area contributed by atoms with Crippen LogP contribution in [0, 0.1) is 10.1 Å². The highest BCUT2D eigenvalue weighted by molar-refractivity contribution is 7.99. The zero-order valence-corrected chi connectivity index (χ0v) is 14.2. The summed E-state index contributed by atoms with van der Waals surface area (Å²) < 4.78 is 0. The highest BCUT2D eigenvalue weighted by Gasteiger charge is 2.10. The Balaban J connectivity index is 1.53. The molecule has 6 nitrogen and oxygen atoms in total. The molecule has 0 radical (unpaired) electrons. The first-order valence-corrected chi connectivity index (χ1v) is 9.15. The average Bonchev–Trinajstić information content (AvgIpc) is 2.63. The number of aromatic nitrogens is 2. The zero-order valence-electron chi connectivity index (χ0n) is 13.4. The second-order valence-corrected chi connectivity index (χ2v) is 6.93. The van der Waals surface area contributed by atoms with Crippen molar-refractivity contribution in [3.63, 3.8) is 0 Å². The van der Waals surface area contributed by atoms with Crippen LogP contribution in [0.2, 0.25) is 0 Å². The standard InChI is InChI=1S/C17H20N4O2S/c22-21(23)15-6-4-14(5-7-15)16-8-9-17(19-18-16)24-13-12-20-10-2-1-3-11-20/h4-9H,1-3,10-13H2. The molecule has 2 aromatic rings. The minimum absolute atomic E-state index is 0.0802. The smallest absolute Gasteiger partial charge is 0.269 e. The Morgan fingerprint density at radius 1 is 1.04 bits per heavy atom. The van der Waals surface area contributed by atoms with Crippen LogP contribution in [0.5, 0.6) is 0 Å². The number of non-ortho nitro benzene ring substituents is 1. The fraction of sp³-hybridized carbons (Fsp3) is 0.412. The van der Waals surface area contributed by atoms with Crippen molar-refractivity contribution in [1.82, 2.24) is 15.1 Å². The number of rotatable bonds is 6. The molecule has 0 aliphatic carbocycles. The SMILES string of the molecule is O=[N+]([O-])c1ccc(-c2ccc(SCCN3CCCCC3)nn2)cc1. The molecule has 3 rings (SSSR count). The van der Waals surface area contributed by atoms with Crippen LogP contribution in [0.15, 0.2) is 41.4 Å². The average molecular weight is 344 g/mol. The van der Waals surface area contributed by atoms with Gasteiger partial charge in [0.2, 0.25) is 0 Å². The molecule has 1 aromatic carbocycles. The molecule has 2 heterocycles. The number of nitrogens with zero attached hydrogens (tertiary/aromatic N) is 4. The predicted octanol–water partition coefficient (Wildman–Crippen LogP) is 3.63. The normalized spacial score (nSPS) is 15.3. The van der Waals surface area contributed by atoms with E-state index in [0.29, 0.717) is 0 Å². The van der Waals surface area contributed by atoms with Gasteiger partial charge in [0, 0.05) is 30.0 Å². The lowest BCUT2D eigenvalue weighted by Gasteiger charge is -2.25. The molecule has 7 heteroatoms. The lowest BCUT2D eigenvalue weighted by Crippen LogP contribution is -2.31. The quantitative estimate of drug-likeness (QED) is 0.453. The molecule has 0 spiro atoms. The van der Waals surface area contributed by atoms with Gasteiger partial charge in [-0.25, -0.2) is 0 Å². The lowest BCUT2D eigenvalue weighted by molar-refractivity contribution is -0.384. The fourth-order valence-corrected chi connectivity index (χ4v) is 3.59. The third kappa shape index (κ3) is 4.52. The van der Waals surface area contributed by atoms with Gasteiger partial charge < -0.3 is 4.90 Å². The molecule has 0 N–H and O–H groups in total. The van der Waals surface area contributed by atoms with Crippen molar-refractivity contribution in [2.24, 2.45) is 0 Å². The van der Waals surface area contributed by atoms with Crippen molar-refractivity contribution < 1.29 is 4.92 Å². The summed E-state index contributed by atoms with van der Waals surface area (Å²) >= 11 is 1.72. The van der Waals surface area contributed by atoms with Crippen LogP contribution in [0.1, 0.15) is 19.3 Å². The van der Waals surface area contributed by atoms with Gasteiger partial charge in [-0.05, 0) is 50.2 Å². The number of piperidine rings is 1. The number of likely N-dealkylation sites (tertiary alicyclic amines) is 1. The van der Waals surface area contributed by atoms with Gasteiger partial charge in [-0.1, -0.05) is 6.42 Å². The number of nitro benzene ring substituents is 1. The van der Waals surface area contributed by atoms with Crippen molar-refractivity contribution in [3.8, 4) is 11.3 Å². The molecule has 1 aromatic heterocycles. The molecule has 0 unspecified atom stereocenters. The first-order chi connectivity index (χ1) is 11.7. The van der Waals surface area contributed by atoms with Crippen LogP contribution in [0.3, 0.4) is 0 Å². The summed E-state index contributed by atoms with van der Waals surface area (Å²) in [5.41, 5.74) is 1.64. The topological polar surface area (TPSA) is 72.2 Å². The Morgan fingerprint density at radius 2 is 1.79 bits per heavy atom. The molecule has 1 saturated heterocycles. The Bertz CT molecular complexity index is 670. The van der Waals surface area contributed by atoms with Gasteiger partial charge in [-0.15, -0.1) is 22.0 Å². The van der Waals surface area contributed by atoms with E-state index < -0.39 is 4.92 Å². The number of nitro groups is 1. The Morgan fingerprint density at radius 3 is 2.42 bits per heavy atom. The Kier molecular flexibility index (Phi) is 5.77. The van der Waals surface area contributed by atoms with Gasteiger partial charge in [0.25, 0.3) is 5.69 Å². The largest absolute Gasteiger partial charge is 0.303 e. The maximum Gasteiger partial charge on any atom is 0.269 e. The minimum atomic E-state index is -0.405. The molecule has 126 valence electrons. The summed E-state index contributed by atoms with van der Waals surface area (Å²) in [4.78, 5) is 12.8. The van der Waals surface area contributed by atoms with E-state index in [-0.39, 0.29) is 5.69 Å². The van der Waals surface area contributed by atoms with E-state index >= 15 is 0 Å². The van der Waals surface area contributed by atoms with E-state index in [9.17, 15) is 10.1 Å². The van der Waals surface area contributed by atoms with E-state index in [1.54, 1.807) is 23.9 Å². The second-order valence-electron chi connectivity index (χ2n) is 5.81. The van der Waals surface area contributed by atoms with Crippen molar-refractivity contribution in [2.75, 3.05) is 25.4 Å². The van der Waals surface area contributed by atoms with Gasteiger partial charge in [-0.2, -0.15) is 0 Å². The van der Waals surface area contributed by atoms with E-state index in [1.807, 2.05) is 12.1 Å². The summed E-state index contributed by atoms with van der Waals surface area (Å²) in [7, 11) is 0. The second kappa shape index (κ2) is 8.21. The molecule has 0 amide bonds. The highest BCUT2D eigenvalue weighted by atomic mass is 32.2. The van der Waals surface area contributed by atoms with E-state index in [2.05, 4.69) is 15.1 Å². The summed E-state index contributed by atoms with van der Waals surface area (Å²) in [5.74, 6) is 1.02. The third-order valence-electron chi connectivity index (χ3n) is 4.12. The van der Waals surface area contributed by atoms with Gasteiger partial charge in [0.1, 0.15) is 5.03 Å². The predicted molar refractivity (Wildman–Crippen MR) is 95.1 cm³/mol. The summed E-state index contributed by atoms with van der Waals surface area (Å²) in [6.07, 6.45) is 3.99. The van der Waals surface area contributed by atoms with Gasteiger partial charge in [-0.3, -0.25) is 10.1 Å². The van der Waals surface area contributed by atoms with Crippen LogP contribution in [-0.2, 0) is 0 Å². The Hall–Kier alpha value is -1.99. The molecular weight excluding hydrogens is 324 g/mol. The van der Waals surface area contributed by atoms with E-state index in [1.165, 1.54) is 44.5 Å². The molecule has 0 bridgehead atoms. The first kappa shape index (κ1) is 16.9. The molecular formula is C17H20N4O2S. The van der Waals surface area contributed by atoms with Gasteiger partial charge in [0.15, 0.2) is 0 Å².